The van der Waals surface area contributed by atoms with Gasteiger partial charge < -0.3 is 18.9 Å². The number of fused-ring (bicyclic) bond motifs is 4. The van der Waals surface area contributed by atoms with Gasteiger partial charge in [0.15, 0.2) is 0 Å². The van der Waals surface area contributed by atoms with Gasteiger partial charge in [0.2, 0.25) is 0 Å². The summed E-state index contributed by atoms with van der Waals surface area (Å²) in [6, 6.07) is 32.5. The Balaban J connectivity index is 1.32. The lowest BCUT2D eigenvalue weighted by Crippen LogP contribution is -2.04. The highest BCUT2D eigenvalue weighted by Crippen LogP contribution is 2.27. The maximum Gasteiger partial charge on any atom is 0.126 e. The van der Waals surface area contributed by atoms with E-state index in [0.29, 0.717) is 26.4 Å². The van der Waals surface area contributed by atoms with E-state index in [4.69, 9.17) is 18.9 Å². The highest BCUT2D eigenvalue weighted by Gasteiger charge is 2.06. The van der Waals surface area contributed by atoms with Gasteiger partial charge in [-0.25, -0.2) is 0 Å². The molecule has 4 aromatic carbocycles. The fourth-order valence-electron chi connectivity index (χ4n) is 4.49. The van der Waals surface area contributed by atoms with Crippen molar-refractivity contribution >= 4 is 24.3 Å². The molecular formula is C36H36O4. The van der Waals surface area contributed by atoms with E-state index in [2.05, 4.69) is 48.6 Å². The number of rotatable bonds is 0. The molecule has 0 saturated heterocycles. The van der Waals surface area contributed by atoms with Gasteiger partial charge in [-0.1, -0.05) is 97.1 Å². The van der Waals surface area contributed by atoms with Crippen LogP contribution in [0.15, 0.2) is 97.1 Å². The SMILES string of the molecule is C1=C/c2ccccc2OCCCCOc2ccccc2/C=C/c2ccccc2OCCCCOc2ccccc2/1. The van der Waals surface area contributed by atoms with Crippen molar-refractivity contribution < 1.29 is 18.9 Å². The molecule has 0 unspecified atom stereocenters. The van der Waals surface area contributed by atoms with Crippen LogP contribution in [0, 0.1) is 0 Å². The predicted octanol–water partition coefficient (Wildman–Crippen LogP) is 8.82. The van der Waals surface area contributed by atoms with Gasteiger partial charge in [-0.05, 0) is 49.9 Å². The van der Waals surface area contributed by atoms with Crippen LogP contribution in [0.4, 0.5) is 0 Å². The second-order valence-corrected chi connectivity index (χ2v) is 9.63. The molecule has 0 radical (unpaired) electrons. The van der Waals surface area contributed by atoms with Gasteiger partial charge in [-0.15, -0.1) is 0 Å². The summed E-state index contributed by atoms with van der Waals surface area (Å²) in [5.41, 5.74) is 4.17. The molecule has 0 atom stereocenters. The molecule has 204 valence electrons. The lowest BCUT2D eigenvalue weighted by Gasteiger charge is -2.12. The molecule has 1 heterocycles. The Hall–Kier alpha value is -4.44. The molecule has 5 rings (SSSR count). The number of hydrogen-bond donors (Lipinski definition) is 0. The van der Waals surface area contributed by atoms with Crippen molar-refractivity contribution in [3.8, 4) is 23.0 Å². The third-order valence-electron chi connectivity index (χ3n) is 6.67. The molecule has 0 spiro atoms. The second-order valence-electron chi connectivity index (χ2n) is 9.63. The van der Waals surface area contributed by atoms with E-state index < -0.39 is 0 Å². The smallest absolute Gasteiger partial charge is 0.126 e. The fraction of sp³-hybridized carbons (Fsp3) is 0.222. The first-order chi connectivity index (χ1) is 19.9. The van der Waals surface area contributed by atoms with Gasteiger partial charge in [-0.3, -0.25) is 0 Å². The minimum atomic E-state index is 0.631. The minimum Gasteiger partial charge on any atom is -0.493 e. The second kappa shape index (κ2) is 14.6. The van der Waals surface area contributed by atoms with Gasteiger partial charge in [-0.2, -0.15) is 0 Å². The zero-order valence-corrected chi connectivity index (χ0v) is 22.8. The van der Waals surface area contributed by atoms with Crippen molar-refractivity contribution in [1.82, 2.24) is 0 Å². The highest BCUT2D eigenvalue weighted by atomic mass is 16.5. The molecule has 0 aliphatic carbocycles. The monoisotopic (exact) mass is 532 g/mol. The molecule has 40 heavy (non-hydrogen) atoms. The summed E-state index contributed by atoms with van der Waals surface area (Å²) in [4.78, 5) is 0. The van der Waals surface area contributed by atoms with Gasteiger partial charge in [0.05, 0.1) is 26.4 Å². The summed E-state index contributed by atoms with van der Waals surface area (Å²) in [7, 11) is 0. The molecular weight excluding hydrogens is 496 g/mol. The molecule has 1 aliphatic rings. The minimum absolute atomic E-state index is 0.631. The van der Waals surface area contributed by atoms with Crippen molar-refractivity contribution in [3.63, 3.8) is 0 Å². The molecule has 0 aromatic heterocycles. The zero-order chi connectivity index (χ0) is 27.2. The molecule has 0 saturated carbocycles. The van der Waals surface area contributed by atoms with E-state index in [9.17, 15) is 0 Å². The zero-order valence-electron chi connectivity index (χ0n) is 22.8. The van der Waals surface area contributed by atoms with E-state index in [1.165, 1.54) is 0 Å². The average Bonchev–Trinajstić information content (AvgIpc) is 3.00. The Labute approximate surface area is 237 Å². The summed E-state index contributed by atoms with van der Waals surface area (Å²) in [6.07, 6.45) is 12.0. The van der Waals surface area contributed by atoms with Gasteiger partial charge in [0.25, 0.3) is 0 Å². The summed E-state index contributed by atoms with van der Waals surface area (Å²) < 4.78 is 24.6. The maximum absolute atomic E-state index is 6.16. The van der Waals surface area contributed by atoms with E-state index in [1.54, 1.807) is 0 Å². The Kier molecular flexibility index (Phi) is 9.93. The maximum atomic E-state index is 6.16. The Bertz CT molecular complexity index is 1210. The van der Waals surface area contributed by atoms with Gasteiger partial charge >= 0.3 is 0 Å². The van der Waals surface area contributed by atoms with Crippen LogP contribution in [0.25, 0.3) is 24.3 Å². The van der Waals surface area contributed by atoms with Crippen molar-refractivity contribution in [3.05, 3.63) is 119 Å². The molecule has 4 nitrogen and oxygen atoms in total. The number of hydrogen-bond acceptors (Lipinski definition) is 4. The lowest BCUT2D eigenvalue weighted by molar-refractivity contribution is 0.266. The highest BCUT2D eigenvalue weighted by molar-refractivity contribution is 5.75. The van der Waals surface area contributed by atoms with Crippen LogP contribution < -0.4 is 18.9 Å². The number of ether oxygens (including phenoxy) is 4. The predicted molar refractivity (Wildman–Crippen MR) is 164 cm³/mol. The number of benzene rings is 4. The van der Waals surface area contributed by atoms with Crippen LogP contribution in [-0.4, -0.2) is 26.4 Å². The van der Waals surface area contributed by atoms with Crippen LogP contribution in [0.1, 0.15) is 47.9 Å². The van der Waals surface area contributed by atoms with Crippen LogP contribution in [0.3, 0.4) is 0 Å². The van der Waals surface area contributed by atoms with Crippen molar-refractivity contribution in [2.24, 2.45) is 0 Å². The average molecular weight is 533 g/mol. The molecule has 4 aromatic rings. The Morgan fingerprint density at radius 2 is 0.525 bits per heavy atom. The summed E-state index contributed by atoms with van der Waals surface area (Å²) in [6.45, 7) is 2.52. The van der Waals surface area contributed by atoms with Crippen molar-refractivity contribution in [1.29, 1.82) is 0 Å². The van der Waals surface area contributed by atoms with Crippen molar-refractivity contribution in [2.75, 3.05) is 26.4 Å². The van der Waals surface area contributed by atoms with Crippen molar-refractivity contribution in [2.45, 2.75) is 25.7 Å². The molecule has 0 amide bonds. The number of para-hydroxylation sites is 4. The van der Waals surface area contributed by atoms with Gasteiger partial charge in [0, 0.05) is 22.3 Å². The molecule has 0 bridgehead atoms. The first-order valence-electron chi connectivity index (χ1n) is 14.1. The van der Waals surface area contributed by atoms with E-state index in [0.717, 1.165) is 70.9 Å². The lowest BCUT2D eigenvalue weighted by atomic mass is 10.1. The molecule has 0 fully saturated rings. The molecule has 1 aliphatic heterocycles. The van der Waals surface area contributed by atoms with E-state index in [-0.39, 0.29) is 0 Å². The molecule has 0 N–H and O–H groups in total. The Morgan fingerprint density at radius 3 is 0.775 bits per heavy atom. The van der Waals surface area contributed by atoms with Crippen LogP contribution in [0.5, 0.6) is 23.0 Å². The first kappa shape index (κ1) is 27.1. The van der Waals surface area contributed by atoms with Crippen LogP contribution >= 0.6 is 0 Å². The standard InChI is InChI=1S/C36H36O4/c1-5-17-33-29(13-1)21-22-30-14-2-6-18-34(30)38-27-11-12-28-40-36-20-8-4-16-32(36)24-23-31-15-3-7-19-35(31)39-26-10-9-25-37-33/h1-8,13-24H,9-12,25-28H2/b22-21+,24-23+. The Morgan fingerprint density at radius 1 is 0.300 bits per heavy atom. The fourth-order valence-corrected chi connectivity index (χ4v) is 4.49. The molecule has 4 heteroatoms. The van der Waals surface area contributed by atoms with E-state index >= 15 is 0 Å². The van der Waals surface area contributed by atoms with Gasteiger partial charge in [0.1, 0.15) is 23.0 Å². The topological polar surface area (TPSA) is 36.9 Å². The first-order valence-corrected chi connectivity index (χ1v) is 14.1. The summed E-state index contributed by atoms with van der Waals surface area (Å²) in [5.74, 6) is 3.51. The quantitative estimate of drug-likeness (QED) is 0.227. The van der Waals surface area contributed by atoms with Crippen LogP contribution in [-0.2, 0) is 0 Å². The third-order valence-corrected chi connectivity index (χ3v) is 6.67. The third kappa shape index (κ3) is 7.79. The van der Waals surface area contributed by atoms with E-state index in [1.807, 2.05) is 72.8 Å². The van der Waals surface area contributed by atoms with Crippen LogP contribution in [0.2, 0.25) is 0 Å². The summed E-state index contributed by atoms with van der Waals surface area (Å²) in [5, 5.41) is 0. The summed E-state index contributed by atoms with van der Waals surface area (Å²) >= 11 is 0. The largest absolute Gasteiger partial charge is 0.493 e. The normalized spacial score (nSPS) is 16.4.